The van der Waals surface area contributed by atoms with Crippen molar-refractivity contribution in [1.82, 2.24) is 10.6 Å². The van der Waals surface area contributed by atoms with Gasteiger partial charge in [-0.1, -0.05) is 0 Å². The van der Waals surface area contributed by atoms with E-state index >= 15 is 0 Å². The summed E-state index contributed by atoms with van der Waals surface area (Å²) in [5.41, 5.74) is -1.23. The Morgan fingerprint density at radius 3 is 2.79 bits per heavy atom. The van der Waals surface area contributed by atoms with Crippen molar-refractivity contribution in [3.8, 4) is 6.07 Å². The number of carbonyl (C=O) groups is 1. The van der Waals surface area contributed by atoms with Crippen molar-refractivity contribution < 1.29 is 15.0 Å². The van der Waals surface area contributed by atoms with Gasteiger partial charge in [0.1, 0.15) is 6.54 Å². The first-order valence-electron chi connectivity index (χ1n) is 4.19. The molecule has 0 aliphatic heterocycles. The van der Waals surface area contributed by atoms with Gasteiger partial charge in [-0.25, -0.2) is 0 Å². The van der Waals surface area contributed by atoms with Gasteiger partial charge in [-0.15, -0.1) is 0 Å². The van der Waals surface area contributed by atoms with Crippen molar-refractivity contribution in [3.63, 3.8) is 0 Å². The summed E-state index contributed by atoms with van der Waals surface area (Å²) in [6.07, 6.45) is 0. The van der Waals surface area contributed by atoms with E-state index in [2.05, 4.69) is 10.6 Å². The topological polar surface area (TPSA) is 105 Å². The lowest BCUT2D eigenvalue weighted by molar-refractivity contribution is -0.120. The summed E-state index contributed by atoms with van der Waals surface area (Å²) in [4.78, 5) is 10.9. The van der Waals surface area contributed by atoms with Gasteiger partial charge in [0, 0.05) is 6.54 Å². The van der Waals surface area contributed by atoms with Crippen LogP contribution in [0.25, 0.3) is 0 Å². The zero-order valence-electron chi connectivity index (χ0n) is 8.08. The smallest absolute Gasteiger partial charge is 0.234 e. The van der Waals surface area contributed by atoms with Crippen LogP contribution in [-0.4, -0.2) is 48.0 Å². The molecule has 0 saturated carbocycles. The van der Waals surface area contributed by atoms with E-state index in [1.54, 1.807) is 6.07 Å². The molecule has 1 unspecified atom stereocenters. The van der Waals surface area contributed by atoms with Crippen LogP contribution < -0.4 is 10.6 Å². The van der Waals surface area contributed by atoms with E-state index in [1.165, 1.54) is 6.92 Å². The highest BCUT2D eigenvalue weighted by atomic mass is 16.3. The average Bonchev–Trinajstić information content (AvgIpc) is 2.14. The molecule has 0 saturated heterocycles. The molecule has 0 rings (SSSR count). The lowest BCUT2D eigenvalue weighted by Gasteiger charge is -2.20. The van der Waals surface area contributed by atoms with E-state index in [4.69, 9.17) is 10.4 Å². The summed E-state index contributed by atoms with van der Waals surface area (Å²) in [5.74, 6) is -0.319. The van der Waals surface area contributed by atoms with E-state index < -0.39 is 5.60 Å². The van der Waals surface area contributed by atoms with Gasteiger partial charge in [-0.2, -0.15) is 5.26 Å². The second-order valence-electron chi connectivity index (χ2n) is 3.19. The van der Waals surface area contributed by atoms with Crippen LogP contribution in [0, 0.1) is 11.3 Å². The van der Waals surface area contributed by atoms with E-state index in [1.807, 2.05) is 0 Å². The Balaban J connectivity index is 3.55. The summed E-state index contributed by atoms with van der Waals surface area (Å²) >= 11 is 0. The van der Waals surface area contributed by atoms with Crippen molar-refractivity contribution in [3.05, 3.63) is 0 Å². The van der Waals surface area contributed by atoms with Crippen LogP contribution in [-0.2, 0) is 4.79 Å². The first-order valence-corrected chi connectivity index (χ1v) is 4.19. The molecule has 4 N–H and O–H groups in total. The van der Waals surface area contributed by atoms with E-state index in [9.17, 15) is 9.90 Å². The number of aliphatic hydroxyl groups is 2. The van der Waals surface area contributed by atoms with Gasteiger partial charge in [0.2, 0.25) is 5.91 Å². The fourth-order valence-corrected chi connectivity index (χ4v) is 0.702. The molecule has 0 aliphatic rings. The summed E-state index contributed by atoms with van der Waals surface area (Å²) in [5, 5.41) is 31.1. The summed E-state index contributed by atoms with van der Waals surface area (Å²) in [6, 6.07) is 1.77. The lowest BCUT2D eigenvalue weighted by Crippen LogP contribution is -2.44. The van der Waals surface area contributed by atoms with Crippen LogP contribution in [0.15, 0.2) is 0 Å². The fourth-order valence-electron chi connectivity index (χ4n) is 0.702. The minimum absolute atomic E-state index is 0.0117. The van der Waals surface area contributed by atoms with Crippen molar-refractivity contribution in [2.75, 3.05) is 26.2 Å². The molecule has 0 aromatic rings. The lowest BCUT2D eigenvalue weighted by atomic mass is 10.1. The largest absolute Gasteiger partial charge is 0.393 e. The Morgan fingerprint density at radius 1 is 1.64 bits per heavy atom. The van der Waals surface area contributed by atoms with Gasteiger partial charge in [0.25, 0.3) is 0 Å². The maximum atomic E-state index is 10.9. The average molecular weight is 201 g/mol. The number of carbonyl (C=O) groups excluding carboxylic acids is 1. The third-order valence-electron chi connectivity index (χ3n) is 1.50. The Kier molecular flexibility index (Phi) is 5.79. The Labute approximate surface area is 82.5 Å². The molecule has 0 radical (unpaired) electrons. The van der Waals surface area contributed by atoms with Crippen molar-refractivity contribution >= 4 is 5.91 Å². The molecule has 1 atom stereocenters. The highest BCUT2D eigenvalue weighted by Gasteiger charge is 2.18. The highest BCUT2D eigenvalue weighted by molar-refractivity contribution is 5.78. The molecule has 14 heavy (non-hydrogen) atoms. The van der Waals surface area contributed by atoms with Gasteiger partial charge in [-0.3, -0.25) is 4.79 Å². The molecule has 1 amide bonds. The number of aliphatic hydroxyl groups excluding tert-OH is 1. The Hall–Kier alpha value is -1.16. The molecule has 0 spiro atoms. The molecule has 80 valence electrons. The monoisotopic (exact) mass is 201 g/mol. The standard InChI is InChI=1S/C8H15N3O3/c1-8(14,6-12)5-10-4-7(13)11-3-2-9/h10,12,14H,3-6H2,1H3,(H,11,13). The number of nitrogens with one attached hydrogen (secondary N) is 2. The summed E-state index contributed by atoms with van der Waals surface area (Å²) in [6.45, 7) is 1.17. The number of nitrogens with zero attached hydrogens (tertiary/aromatic N) is 1. The van der Waals surface area contributed by atoms with Gasteiger partial charge in [0.15, 0.2) is 0 Å². The van der Waals surface area contributed by atoms with Gasteiger partial charge in [0.05, 0.1) is 24.8 Å². The Bertz CT molecular complexity index is 222. The van der Waals surface area contributed by atoms with Crippen molar-refractivity contribution in [2.24, 2.45) is 0 Å². The van der Waals surface area contributed by atoms with E-state index in [0.717, 1.165) is 0 Å². The van der Waals surface area contributed by atoms with Crippen LogP contribution in [0.4, 0.5) is 0 Å². The number of hydrogen-bond donors (Lipinski definition) is 4. The minimum Gasteiger partial charge on any atom is -0.393 e. The predicted molar refractivity (Wildman–Crippen MR) is 49.2 cm³/mol. The number of hydrogen-bond acceptors (Lipinski definition) is 5. The zero-order valence-corrected chi connectivity index (χ0v) is 8.08. The molecule has 6 nitrogen and oxygen atoms in total. The number of amides is 1. The van der Waals surface area contributed by atoms with Crippen molar-refractivity contribution in [1.29, 1.82) is 5.26 Å². The maximum Gasteiger partial charge on any atom is 0.234 e. The van der Waals surface area contributed by atoms with Gasteiger partial charge < -0.3 is 20.8 Å². The van der Waals surface area contributed by atoms with Crippen LogP contribution in [0.3, 0.4) is 0 Å². The molecular weight excluding hydrogens is 186 g/mol. The van der Waals surface area contributed by atoms with Gasteiger partial charge >= 0.3 is 0 Å². The number of nitriles is 1. The molecule has 0 heterocycles. The summed E-state index contributed by atoms with van der Waals surface area (Å²) in [7, 11) is 0. The van der Waals surface area contributed by atoms with Crippen molar-refractivity contribution in [2.45, 2.75) is 12.5 Å². The third-order valence-corrected chi connectivity index (χ3v) is 1.50. The molecule has 0 aromatic carbocycles. The first-order chi connectivity index (χ1) is 6.52. The first kappa shape index (κ1) is 12.8. The van der Waals surface area contributed by atoms with E-state index in [-0.39, 0.29) is 32.1 Å². The van der Waals surface area contributed by atoms with Crippen LogP contribution in [0.1, 0.15) is 6.92 Å². The molecule has 0 bridgehead atoms. The second-order valence-corrected chi connectivity index (χ2v) is 3.19. The number of rotatable bonds is 6. The summed E-state index contributed by atoms with van der Waals surface area (Å²) < 4.78 is 0. The normalized spacial score (nSPS) is 14.1. The molecule has 0 aliphatic carbocycles. The molecule has 0 fully saturated rings. The molecule has 6 heteroatoms. The quantitative estimate of drug-likeness (QED) is 0.370. The highest BCUT2D eigenvalue weighted by Crippen LogP contribution is 1.97. The SMILES string of the molecule is CC(O)(CO)CNCC(=O)NCC#N. The second kappa shape index (κ2) is 6.32. The predicted octanol–water partition coefficient (Wildman–Crippen LogP) is -2.04. The van der Waals surface area contributed by atoms with Crippen LogP contribution >= 0.6 is 0 Å². The molecule has 0 aromatic heterocycles. The zero-order chi connectivity index (χ0) is 11.0. The maximum absolute atomic E-state index is 10.9. The Morgan fingerprint density at radius 2 is 2.29 bits per heavy atom. The van der Waals surface area contributed by atoms with Gasteiger partial charge in [-0.05, 0) is 6.92 Å². The van der Waals surface area contributed by atoms with E-state index in [0.29, 0.717) is 0 Å². The molecular formula is C8H15N3O3. The third kappa shape index (κ3) is 6.37. The fraction of sp³-hybridized carbons (Fsp3) is 0.750. The van der Waals surface area contributed by atoms with Crippen LogP contribution in [0.5, 0.6) is 0 Å². The van der Waals surface area contributed by atoms with Crippen LogP contribution in [0.2, 0.25) is 0 Å². The minimum atomic E-state index is -1.23.